The van der Waals surface area contributed by atoms with Crippen molar-refractivity contribution >= 4 is 64.1 Å². The van der Waals surface area contributed by atoms with Gasteiger partial charge in [0, 0.05) is 21.2 Å². The van der Waals surface area contributed by atoms with Gasteiger partial charge in [0.05, 0.1) is 15.7 Å². The van der Waals surface area contributed by atoms with Gasteiger partial charge in [0.1, 0.15) is 0 Å². The highest BCUT2D eigenvalue weighted by atomic mass is 32.1. The molecule has 0 aliphatic heterocycles. The van der Waals surface area contributed by atoms with Crippen LogP contribution in [-0.4, -0.2) is 4.57 Å². The maximum Gasteiger partial charge on any atom is 0.0727 e. The van der Waals surface area contributed by atoms with E-state index in [-0.39, 0.29) is 0 Å². The van der Waals surface area contributed by atoms with Crippen LogP contribution in [0.3, 0.4) is 0 Å². The van der Waals surface area contributed by atoms with Crippen molar-refractivity contribution < 1.29 is 0 Å². The maximum atomic E-state index is 2.47. The van der Waals surface area contributed by atoms with Gasteiger partial charge in [-0.1, -0.05) is 127 Å². The number of benzene rings is 7. The molecule has 0 saturated heterocycles. The predicted molar refractivity (Wildman–Crippen MR) is 182 cm³/mol. The van der Waals surface area contributed by atoms with Crippen molar-refractivity contribution in [3.63, 3.8) is 0 Å². The molecule has 0 amide bonds. The number of aromatic nitrogens is 1. The van der Waals surface area contributed by atoms with Crippen LogP contribution in [0, 0.1) is 0 Å². The molecule has 0 atom stereocenters. The molecule has 9 aromatic rings. The van der Waals surface area contributed by atoms with Crippen LogP contribution in [0.1, 0.15) is 0 Å². The van der Waals surface area contributed by atoms with Crippen molar-refractivity contribution in [3.8, 4) is 27.9 Å². The fraction of sp³-hybridized carbons (Fsp3) is 0. The van der Waals surface area contributed by atoms with Crippen LogP contribution in [0.5, 0.6) is 0 Å². The summed E-state index contributed by atoms with van der Waals surface area (Å²) in [6, 6.07) is 55.2. The number of nitrogens with zero attached hydrogens (tertiary/aromatic N) is 1. The largest absolute Gasteiger partial charge is 0.308 e. The van der Waals surface area contributed by atoms with Crippen LogP contribution in [-0.2, 0) is 0 Å². The Morgan fingerprint density at radius 2 is 0.976 bits per heavy atom. The van der Waals surface area contributed by atoms with Gasteiger partial charge in [-0.15, -0.1) is 11.3 Å². The zero-order chi connectivity index (χ0) is 27.6. The van der Waals surface area contributed by atoms with Gasteiger partial charge >= 0.3 is 0 Å². The summed E-state index contributed by atoms with van der Waals surface area (Å²) in [5.41, 5.74) is 8.85. The second-order valence-corrected chi connectivity index (χ2v) is 11.9. The fourth-order valence-electron chi connectivity index (χ4n) is 6.90. The summed E-state index contributed by atoms with van der Waals surface area (Å²) in [6.07, 6.45) is 0. The molecule has 0 fully saturated rings. The quantitative estimate of drug-likeness (QED) is 0.192. The number of fused-ring (bicyclic) bond motifs is 7. The first-order valence-corrected chi connectivity index (χ1v) is 15.2. The van der Waals surface area contributed by atoms with Crippen LogP contribution < -0.4 is 0 Å². The minimum atomic E-state index is 1.19. The summed E-state index contributed by atoms with van der Waals surface area (Å²) >= 11 is 1.91. The lowest BCUT2D eigenvalue weighted by Gasteiger charge is -2.18. The van der Waals surface area contributed by atoms with Gasteiger partial charge in [0.15, 0.2) is 0 Å². The zero-order valence-electron chi connectivity index (χ0n) is 22.8. The van der Waals surface area contributed by atoms with E-state index in [0.717, 1.165) is 0 Å². The van der Waals surface area contributed by atoms with E-state index in [1.54, 1.807) is 0 Å². The zero-order valence-corrected chi connectivity index (χ0v) is 23.6. The van der Waals surface area contributed by atoms with Crippen molar-refractivity contribution in [1.82, 2.24) is 4.57 Å². The summed E-state index contributed by atoms with van der Waals surface area (Å²) < 4.78 is 5.12. The Labute approximate surface area is 247 Å². The van der Waals surface area contributed by atoms with Crippen LogP contribution in [0.15, 0.2) is 152 Å². The van der Waals surface area contributed by atoms with Gasteiger partial charge in [0.25, 0.3) is 0 Å². The van der Waals surface area contributed by atoms with E-state index in [1.807, 2.05) is 11.3 Å². The normalized spacial score (nSPS) is 11.8. The first kappa shape index (κ1) is 23.5. The van der Waals surface area contributed by atoms with Crippen molar-refractivity contribution in [2.24, 2.45) is 0 Å². The maximum absolute atomic E-state index is 2.47. The van der Waals surface area contributed by atoms with E-state index in [2.05, 4.69) is 156 Å². The average molecular weight is 552 g/mol. The van der Waals surface area contributed by atoms with E-state index in [9.17, 15) is 0 Å². The molecule has 0 aliphatic carbocycles. The molecule has 1 nitrogen and oxygen atoms in total. The third-order valence-electron chi connectivity index (χ3n) is 8.58. The smallest absolute Gasteiger partial charge is 0.0727 e. The first-order chi connectivity index (χ1) is 20.9. The van der Waals surface area contributed by atoms with Gasteiger partial charge in [0.2, 0.25) is 0 Å². The molecule has 2 heterocycles. The monoisotopic (exact) mass is 551 g/mol. The molecule has 0 saturated carbocycles. The molecular formula is C40H25NS. The van der Waals surface area contributed by atoms with E-state index < -0.39 is 0 Å². The molecule has 2 heteroatoms. The molecule has 0 bridgehead atoms. The second kappa shape index (κ2) is 9.17. The third-order valence-corrected chi connectivity index (χ3v) is 9.76. The molecular weight excluding hydrogens is 527 g/mol. The highest BCUT2D eigenvalue weighted by Gasteiger charge is 2.23. The Kier molecular flexibility index (Phi) is 5.13. The number of hydrogen-bond acceptors (Lipinski definition) is 1. The number of para-hydroxylation sites is 1. The third kappa shape index (κ3) is 3.30. The highest BCUT2D eigenvalue weighted by Crippen LogP contribution is 2.49. The van der Waals surface area contributed by atoms with Crippen LogP contribution in [0.2, 0.25) is 0 Å². The SMILES string of the molecule is c1ccc(-c2c3ccccc3c(-c3cccc4c3c3sc5ccccc5c3n4-c3ccccc3)c3ccccc23)cc1. The molecule has 196 valence electrons. The minimum Gasteiger partial charge on any atom is -0.308 e. The van der Waals surface area contributed by atoms with E-state index in [1.165, 1.54) is 80.7 Å². The molecule has 0 spiro atoms. The first-order valence-electron chi connectivity index (χ1n) is 14.4. The van der Waals surface area contributed by atoms with Gasteiger partial charge < -0.3 is 4.57 Å². The molecule has 9 rings (SSSR count). The molecule has 0 unspecified atom stereocenters. The summed E-state index contributed by atoms with van der Waals surface area (Å²) in [4.78, 5) is 0. The molecule has 0 radical (unpaired) electrons. The van der Waals surface area contributed by atoms with Crippen molar-refractivity contribution in [3.05, 3.63) is 152 Å². The molecule has 7 aromatic carbocycles. The second-order valence-electron chi connectivity index (χ2n) is 10.9. The minimum absolute atomic E-state index is 1.19. The van der Waals surface area contributed by atoms with E-state index >= 15 is 0 Å². The molecule has 0 aliphatic rings. The fourth-order valence-corrected chi connectivity index (χ4v) is 8.15. The lowest BCUT2D eigenvalue weighted by Crippen LogP contribution is -1.94. The summed E-state index contributed by atoms with van der Waals surface area (Å²) in [6.45, 7) is 0. The van der Waals surface area contributed by atoms with Crippen molar-refractivity contribution in [2.45, 2.75) is 0 Å². The van der Waals surface area contributed by atoms with Crippen LogP contribution >= 0.6 is 11.3 Å². The van der Waals surface area contributed by atoms with Crippen molar-refractivity contribution in [1.29, 1.82) is 0 Å². The molecule has 2 aromatic heterocycles. The molecule has 0 N–H and O–H groups in total. The topological polar surface area (TPSA) is 4.93 Å². The van der Waals surface area contributed by atoms with E-state index in [0.29, 0.717) is 0 Å². The van der Waals surface area contributed by atoms with Crippen LogP contribution in [0.25, 0.3) is 80.7 Å². The standard InChI is InChI=1S/C40H25NS/c1-3-14-26(15-4-1)36-28-18-7-9-20-30(28)37(31-21-10-8-19-29(31)36)33-23-13-24-34-38(33)40-39(32-22-11-12-25-35(32)42-40)41(34)27-16-5-2-6-17-27/h1-25H. The van der Waals surface area contributed by atoms with E-state index in [4.69, 9.17) is 0 Å². The summed E-state index contributed by atoms with van der Waals surface area (Å²) in [5.74, 6) is 0. The Balaban J connectivity index is 1.50. The lowest BCUT2D eigenvalue weighted by molar-refractivity contribution is 1.19. The van der Waals surface area contributed by atoms with Gasteiger partial charge in [-0.2, -0.15) is 0 Å². The van der Waals surface area contributed by atoms with Gasteiger partial charge in [-0.25, -0.2) is 0 Å². The average Bonchev–Trinajstić information content (AvgIpc) is 3.59. The predicted octanol–water partition coefficient (Wildman–Crippen LogP) is 11.6. The van der Waals surface area contributed by atoms with Crippen LogP contribution in [0.4, 0.5) is 0 Å². The molecule has 42 heavy (non-hydrogen) atoms. The Bertz CT molecular complexity index is 2390. The summed E-state index contributed by atoms with van der Waals surface area (Å²) in [7, 11) is 0. The van der Waals surface area contributed by atoms with Gasteiger partial charge in [-0.3, -0.25) is 0 Å². The Morgan fingerprint density at radius 3 is 1.64 bits per heavy atom. The Morgan fingerprint density at radius 1 is 0.429 bits per heavy atom. The summed E-state index contributed by atoms with van der Waals surface area (Å²) in [5, 5.41) is 7.75. The highest BCUT2D eigenvalue weighted by molar-refractivity contribution is 7.26. The lowest BCUT2D eigenvalue weighted by atomic mass is 9.85. The number of hydrogen-bond donors (Lipinski definition) is 0. The number of thiophene rings is 1. The Hall–Kier alpha value is -5.18. The van der Waals surface area contributed by atoms with Crippen molar-refractivity contribution in [2.75, 3.05) is 0 Å². The van der Waals surface area contributed by atoms with Gasteiger partial charge in [-0.05, 0) is 68.1 Å². The number of rotatable bonds is 3.